The Labute approximate surface area is 118 Å². The number of benzene rings is 1. The van der Waals surface area contributed by atoms with E-state index in [2.05, 4.69) is 15.6 Å². The second kappa shape index (κ2) is 5.85. The molecule has 0 fully saturated rings. The zero-order valence-corrected chi connectivity index (χ0v) is 11.3. The molecule has 7 nitrogen and oxygen atoms in total. The van der Waals surface area contributed by atoms with Gasteiger partial charge in [0.2, 0.25) is 0 Å². The van der Waals surface area contributed by atoms with Crippen LogP contribution in [0, 0.1) is 0 Å². The van der Waals surface area contributed by atoms with Gasteiger partial charge in [0.1, 0.15) is 0 Å². The van der Waals surface area contributed by atoms with Crippen molar-refractivity contribution in [2.24, 2.45) is 0 Å². The molecule has 1 aromatic heterocycles. The fourth-order valence-electron chi connectivity index (χ4n) is 1.59. The average Bonchev–Trinajstić information content (AvgIpc) is 2.77. The Morgan fingerprint density at radius 1 is 1.35 bits per heavy atom. The molecule has 0 aliphatic heterocycles. The molecule has 106 valence electrons. The Kier molecular flexibility index (Phi) is 4.16. The number of hydrogen-bond acceptors (Lipinski definition) is 5. The number of aromatic nitrogens is 1. The number of carbonyl (C=O) groups excluding carboxylic acids is 1. The third-order valence-electron chi connectivity index (χ3n) is 2.55. The number of rotatable bonds is 4. The number of para-hydroxylation sites is 1. The number of aliphatic hydroxyl groups is 1. The number of amides is 2. The van der Waals surface area contributed by atoms with Crippen LogP contribution in [0.4, 0.5) is 9.93 Å². The minimum Gasteiger partial charge on any atom is -0.480 e. The first-order chi connectivity index (χ1) is 9.47. The number of fused-ring (bicyclic) bond motifs is 1. The van der Waals surface area contributed by atoms with Crippen LogP contribution in [-0.2, 0) is 4.79 Å². The van der Waals surface area contributed by atoms with Gasteiger partial charge in [-0.15, -0.1) is 0 Å². The molecular formula is C12H13N3O4S. The van der Waals surface area contributed by atoms with Crippen molar-refractivity contribution in [3.8, 4) is 0 Å². The summed E-state index contributed by atoms with van der Waals surface area (Å²) in [6, 6.07) is 5.27. The lowest BCUT2D eigenvalue weighted by molar-refractivity contribution is -0.141. The van der Waals surface area contributed by atoms with Crippen molar-refractivity contribution in [2.75, 3.05) is 5.32 Å². The first-order valence-electron chi connectivity index (χ1n) is 5.81. The molecule has 1 aromatic carbocycles. The maximum atomic E-state index is 11.7. The molecular weight excluding hydrogens is 282 g/mol. The highest BCUT2D eigenvalue weighted by atomic mass is 32.1. The third-order valence-corrected chi connectivity index (χ3v) is 3.50. The molecule has 1 heterocycles. The van der Waals surface area contributed by atoms with Gasteiger partial charge in [0.05, 0.1) is 16.3 Å². The molecule has 0 radical (unpaired) electrons. The van der Waals surface area contributed by atoms with Crippen molar-refractivity contribution < 1.29 is 19.8 Å². The van der Waals surface area contributed by atoms with Crippen molar-refractivity contribution in [3.63, 3.8) is 0 Å². The molecule has 0 saturated heterocycles. The highest BCUT2D eigenvalue weighted by Crippen LogP contribution is 2.25. The number of carboxylic acids is 1. The summed E-state index contributed by atoms with van der Waals surface area (Å²) >= 11 is 1.28. The van der Waals surface area contributed by atoms with E-state index >= 15 is 0 Å². The summed E-state index contributed by atoms with van der Waals surface area (Å²) in [4.78, 5) is 26.7. The predicted molar refractivity (Wildman–Crippen MR) is 74.9 cm³/mol. The molecule has 0 spiro atoms. The van der Waals surface area contributed by atoms with Crippen molar-refractivity contribution in [3.05, 3.63) is 24.3 Å². The minimum absolute atomic E-state index is 0.360. The maximum absolute atomic E-state index is 11.7. The van der Waals surface area contributed by atoms with Crippen molar-refractivity contribution in [1.82, 2.24) is 10.3 Å². The van der Waals surface area contributed by atoms with Gasteiger partial charge < -0.3 is 15.5 Å². The van der Waals surface area contributed by atoms with Gasteiger partial charge in [-0.05, 0) is 19.1 Å². The Morgan fingerprint density at radius 3 is 2.65 bits per heavy atom. The monoisotopic (exact) mass is 295 g/mol. The van der Waals surface area contributed by atoms with Crippen LogP contribution in [0.3, 0.4) is 0 Å². The van der Waals surface area contributed by atoms with Crippen LogP contribution in [-0.4, -0.2) is 39.3 Å². The normalized spacial score (nSPS) is 13.7. The molecule has 0 bridgehead atoms. The van der Waals surface area contributed by atoms with Gasteiger partial charge in [-0.3, -0.25) is 5.32 Å². The number of anilines is 1. The molecule has 2 atom stereocenters. The van der Waals surface area contributed by atoms with Crippen molar-refractivity contribution in [2.45, 2.75) is 19.1 Å². The van der Waals surface area contributed by atoms with E-state index in [0.717, 1.165) is 10.2 Å². The number of nitrogens with one attached hydrogen (secondary N) is 2. The summed E-state index contributed by atoms with van der Waals surface area (Å²) in [6.07, 6.45) is -1.20. The van der Waals surface area contributed by atoms with Crippen LogP contribution in [0.2, 0.25) is 0 Å². The lowest BCUT2D eigenvalue weighted by atomic mass is 10.2. The van der Waals surface area contributed by atoms with Crippen LogP contribution in [0.15, 0.2) is 24.3 Å². The van der Waals surface area contributed by atoms with E-state index in [9.17, 15) is 14.7 Å². The van der Waals surface area contributed by atoms with Crippen LogP contribution in [0.5, 0.6) is 0 Å². The first kappa shape index (κ1) is 14.2. The molecule has 0 aliphatic rings. The summed E-state index contributed by atoms with van der Waals surface area (Å²) in [5.74, 6) is -1.31. The summed E-state index contributed by atoms with van der Waals surface area (Å²) in [5.41, 5.74) is 0.748. The lowest BCUT2D eigenvalue weighted by Crippen LogP contribution is -2.49. The number of hydrogen-bond donors (Lipinski definition) is 4. The van der Waals surface area contributed by atoms with Gasteiger partial charge >= 0.3 is 12.0 Å². The maximum Gasteiger partial charge on any atom is 0.328 e. The lowest BCUT2D eigenvalue weighted by Gasteiger charge is -2.16. The SMILES string of the molecule is CC(O)C(NC(=O)Nc1nc2ccccc2s1)C(=O)O. The van der Waals surface area contributed by atoms with Gasteiger partial charge in [-0.25, -0.2) is 14.6 Å². The van der Waals surface area contributed by atoms with E-state index in [0.29, 0.717) is 5.13 Å². The Morgan fingerprint density at radius 2 is 2.05 bits per heavy atom. The van der Waals surface area contributed by atoms with Crippen LogP contribution >= 0.6 is 11.3 Å². The number of carbonyl (C=O) groups is 2. The number of thiazole rings is 1. The van der Waals surface area contributed by atoms with E-state index in [1.54, 1.807) is 0 Å². The first-order valence-corrected chi connectivity index (χ1v) is 6.63. The largest absolute Gasteiger partial charge is 0.480 e. The van der Waals surface area contributed by atoms with E-state index in [1.165, 1.54) is 18.3 Å². The Bertz CT molecular complexity index is 607. The zero-order chi connectivity index (χ0) is 14.7. The van der Waals surface area contributed by atoms with E-state index < -0.39 is 24.1 Å². The molecule has 0 saturated carbocycles. The minimum atomic E-state index is -1.37. The van der Waals surface area contributed by atoms with E-state index in [-0.39, 0.29) is 0 Å². The number of urea groups is 1. The predicted octanol–water partition coefficient (Wildman–Crippen LogP) is 1.25. The molecule has 2 aromatic rings. The molecule has 0 aliphatic carbocycles. The Balaban J connectivity index is 2.05. The number of aliphatic hydroxyl groups excluding tert-OH is 1. The topological polar surface area (TPSA) is 112 Å². The summed E-state index contributed by atoms with van der Waals surface area (Å²) in [6.45, 7) is 1.29. The van der Waals surface area contributed by atoms with Crippen molar-refractivity contribution >= 4 is 38.7 Å². The summed E-state index contributed by atoms with van der Waals surface area (Å²) < 4.78 is 0.910. The molecule has 2 unspecified atom stereocenters. The van der Waals surface area contributed by atoms with Crippen molar-refractivity contribution in [1.29, 1.82) is 0 Å². The zero-order valence-electron chi connectivity index (χ0n) is 10.5. The van der Waals surface area contributed by atoms with Crippen LogP contribution in [0.25, 0.3) is 10.2 Å². The van der Waals surface area contributed by atoms with Crippen LogP contribution < -0.4 is 10.6 Å². The molecule has 2 rings (SSSR count). The van der Waals surface area contributed by atoms with Gasteiger partial charge in [0, 0.05) is 0 Å². The Hall–Kier alpha value is -2.19. The van der Waals surface area contributed by atoms with E-state index in [1.807, 2.05) is 24.3 Å². The van der Waals surface area contributed by atoms with Crippen LogP contribution in [0.1, 0.15) is 6.92 Å². The van der Waals surface area contributed by atoms with E-state index in [4.69, 9.17) is 5.11 Å². The number of aliphatic carboxylic acids is 1. The molecule has 2 amide bonds. The smallest absolute Gasteiger partial charge is 0.328 e. The summed E-state index contributed by atoms with van der Waals surface area (Å²) in [7, 11) is 0. The summed E-state index contributed by atoms with van der Waals surface area (Å²) in [5, 5.41) is 23.1. The molecule has 8 heteroatoms. The number of nitrogens with zero attached hydrogens (tertiary/aromatic N) is 1. The highest BCUT2D eigenvalue weighted by Gasteiger charge is 2.25. The second-order valence-electron chi connectivity index (χ2n) is 4.14. The van der Waals surface area contributed by atoms with Gasteiger partial charge in [0.15, 0.2) is 11.2 Å². The van der Waals surface area contributed by atoms with Gasteiger partial charge in [-0.2, -0.15) is 0 Å². The highest BCUT2D eigenvalue weighted by molar-refractivity contribution is 7.22. The second-order valence-corrected chi connectivity index (χ2v) is 5.17. The molecule has 4 N–H and O–H groups in total. The molecule has 20 heavy (non-hydrogen) atoms. The quantitative estimate of drug-likeness (QED) is 0.678. The third kappa shape index (κ3) is 3.22. The van der Waals surface area contributed by atoms with Gasteiger partial charge in [0.25, 0.3) is 0 Å². The average molecular weight is 295 g/mol. The number of carboxylic acid groups (broad SMARTS) is 1. The van der Waals surface area contributed by atoms with Gasteiger partial charge in [-0.1, -0.05) is 23.5 Å². The fraction of sp³-hybridized carbons (Fsp3) is 0.250. The standard InChI is InChI=1S/C12H13N3O4S/c1-6(16)9(10(17)18)14-11(19)15-12-13-7-4-2-3-5-8(7)20-12/h2-6,9,16H,1H3,(H,17,18)(H2,13,14,15,19). The fourth-order valence-corrected chi connectivity index (χ4v) is 2.45.